The van der Waals surface area contributed by atoms with Gasteiger partial charge in [0.15, 0.2) is 0 Å². The fraction of sp³-hybridized carbons (Fsp3) is 0.375. The van der Waals surface area contributed by atoms with Crippen LogP contribution in [0.3, 0.4) is 0 Å². The molecule has 0 bridgehead atoms. The third-order valence-electron chi connectivity index (χ3n) is 3.66. The smallest absolute Gasteiger partial charge is 0.0725 e. The van der Waals surface area contributed by atoms with Crippen molar-refractivity contribution in [2.24, 2.45) is 5.73 Å². The molecule has 2 N–H and O–H groups in total. The maximum atomic E-state index is 6.34. The fourth-order valence-corrected chi connectivity index (χ4v) is 3.50. The summed E-state index contributed by atoms with van der Waals surface area (Å²) in [4.78, 5) is 2.81. The van der Waals surface area contributed by atoms with E-state index in [1.165, 1.54) is 26.4 Å². The molecule has 1 aromatic carbocycles. The summed E-state index contributed by atoms with van der Waals surface area (Å²) in [6.07, 6.45) is 2.03. The summed E-state index contributed by atoms with van der Waals surface area (Å²) in [6, 6.07) is 11.0. The number of thiophene rings is 1. The molecule has 100 valence electrons. The third-order valence-corrected chi connectivity index (χ3v) is 4.91. The molecule has 1 aromatic heterocycles. The zero-order valence-corrected chi connectivity index (χ0v) is 12.0. The first-order valence-corrected chi connectivity index (χ1v) is 7.60. The van der Waals surface area contributed by atoms with Gasteiger partial charge < -0.3 is 10.5 Å². The van der Waals surface area contributed by atoms with Gasteiger partial charge in [-0.3, -0.25) is 0 Å². The summed E-state index contributed by atoms with van der Waals surface area (Å²) in [5, 5.41) is 0. The highest BCUT2D eigenvalue weighted by Crippen LogP contribution is 2.26. The molecule has 0 aliphatic carbocycles. The molecule has 0 spiro atoms. The Morgan fingerprint density at radius 1 is 1.16 bits per heavy atom. The van der Waals surface area contributed by atoms with Gasteiger partial charge in [0.25, 0.3) is 0 Å². The van der Waals surface area contributed by atoms with Gasteiger partial charge >= 0.3 is 0 Å². The highest BCUT2D eigenvalue weighted by molar-refractivity contribution is 7.11. The van der Waals surface area contributed by atoms with Crippen LogP contribution in [0.15, 0.2) is 30.3 Å². The van der Waals surface area contributed by atoms with Crippen molar-refractivity contribution in [2.75, 3.05) is 0 Å². The van der Waals surface area contributed by atoms with Crippen LogP contribution in [0.4, 0.5) is 0 Å². The first-order valence-electron chi connectivity index (χ1n) is 6.79. The number of aryl methyl sites for hydroxylation is 1. The monoisotopic (exact) mass is 273 g/mol. The van der Waals surface area contributed by atoms with Crippen molar-refractivity contribution in [3.63, 3.8) is 0 Å². The molecule has 19 heavy (non-hydrogen) atoms. The van der Waals surface area contributed by atoms with Crippen molar-refractivity contribution < 1.29 is 4.74 Å². The molecule has 3 rings (SSSR count). The van der Waals surface area contributed by atoms with Gasteiger partial charge in [0.2, 0.25) is 0 Å². The number of hydrogen-bond donors (Lipinski definition) is 1. The van der Waals surface area contributed by atoms with Crippen molar-refractivity contribution in [2.45, 2.75) is 39.0 Å². The average molecular weight is 273 g/mol. The van der Waals surface area contributed by atoms with E-state index in [-0.39, 0.29) is 6.04 Å². The summed E-state index contributed by atoms with van der Waals surface area (Å²) < 4.78 is 5.45. The minimum Gasteiger partial charge on any atom is -0.372 e. The van der Waals surface area contributed by atoms with Crippen molar-refractivity contribution >= 4 is 11.3 Å². The van der Waals surface area contributed by atoms with E-state index >= 15 is 0 Å². The maximum Gasteiger partial charge on any atom is 0.0725 e. The maximum absolute atomic E-state index is 6.34. The molecule has 0 amide bonds. The molecular formula is C16H19NOS. The molecule has 2 heterocycles. The van der Waals surface area contributed by atoms with Crippen molar-refractivity contribution in [3.05, 3.63) is 56.8 Å². The van der Waals surface area contributed by atoms with Gasteiger partial charge in [-0.2, -0.15) is 0 Å². The summed E-state index contributed by atoms with van der Waals surface area (Å²) in [5.74, 6) is 0. The summed E-state index contributed by atoms with van der Waals surface area (Å²) in [7, 11) is 0. The number of ether oxygens (including phenoxy) is 1. The first-order chi connectivity index (χ1) is 9.26. The number of fused-ring (bicyclic) bond motifs is 1. The molecule has 2 aromatic rings. The number of nitrogens with two attached hydrogens (primary N) is 1. The van der Waals surface area contributed by atoms with E-state index in [0.717, 1.165) is 26.1 Å². The fourth-order valence-electron chi connectivity index (χ4n) is 2.48. The lowest BCUT2D eigenvalue weighted by Gasteiger charge is -2.12. The molecule has 0 saturated carbocycles. The van der Waals surface area contributed by atoms with E-state index in [0.29, 0.717) is 0 Å². The molecule has 1 aliphatic rings. The van der Waals surface area contributed by atoms with Crippen LogP contribution in [0, 0.1) is 0 Å². The van der Waals surface area contributed by atoms with E-state index in [1.54, 1.807) is 0 Å². The topological polar surface area (TPSA) is 35.2 Å². The molecule has 3 heteroatoms. The average Bonchev–Trinajstić information content (AvgIpc) is 3.05. The molecule has 0 fully saturated rings. The van der Waals surface area contributed by atoms with Crippen LogP contribution >= 0.6 is 11.3 Å². The molecule has 1 aliphatic heterocycles. The Balaban J connectivity index is 1.74. The van der Waals surface area contributed by atoms with Gasteiger partial charge in [-0.25, -0.2) is 0 Å². The lowest BCUT2D eigenvalue weighted by molar-refractivity contribution is 0.134. The van der Waals surface area contributed by atoms with Crippen LogP contribution in [0.5, 0.6) is 0 Å². The van der Waals surface area contributed by atoms with Gasteiger partial charge in [-0.05, 0) is 35.2 Å². The van der Waals surface area contributed by atoms with E-state index in [1.807, 2.05) is 11.3 Å². The summed E-state index contributed by atoms with van der Waals surface area (Å²) in [6.45, 7) is 3.67. The van der Waals surface area contributed by atoms with Crippen LogP contribution in [-0.2, 0) is 30.8 Å². The SMILES string of the molecule is CCc1ccc(CC(N)c2ccc3c(c2)COC3)s1. The second-order valence-electron chi connectivity index (χ2n) is 5.05. The van der Waals surface area contributed by atoms with Crippen LogP contribution in [0.2, 0.25) is 0 Å². The van der Waals surface area contributed by atoms with Crippen LogP contribution in [0.1, 0.15) is 39.4 Å². The second-order valence-corrected chi connectivity index (χ2v) is 6.31. The zero-order valence-electron chi connectivity index (χ0n) is 11.2. The standard InChI is InChI=1S/C16H19NOS/c1-2-14-5-6-15(19-14)8-16(17)11-3-4-12-9-18-10-13(12)7-11/h3-7,16H,2,8-10,17H2,1H3. The Morgan fingerprint density at radius 2 is 1.95 bits per heavy atom. The van der Waals surface area contributed by atoms with Crippen LogP contribution in [-0.4, -0.2) is 0 Å². The predicted octanol–water partition coefficient (Wildman–Crippen LogP) is 3.58. The van der Waals surface area contributed by atoms with E-state index in [9.17, 15) is 0 Å². The Labute approximate surface area is 118 Å². The number of hydrogen-bond acceptors (Lipinski definition) is 3. The van der Waals surface area contributed by atoms with Gasteiger partial charge in [-0.15, -0.1) is 11.3 Å². The quantitative estimate of drug-likeness (QED) is 0.924. The van der Waals surface area contributed by atoms with Gasteiger partial charge in [0, 0.05) is 22.2 Å². The molecule has 0 radical (unpaired) electrons. The van der Waals surface area contributed by atoms with Crippen LogP contribution in [0.25, 0.3) is 0 Å². The normalized spacial score (nSPS) is 15.5. The third kappa shape index (κ3) is 2.73. The molecule has 0 saturated heterocycles. The molecule has 2 nitrogen and oxygen atoms in total. The molecule has 1 unspecified atom stereocenters. The van der Waals surface area contributed by atoms with Crippen molar-refractivity contribution in [1.82, 2.24) is 0 Å². The minimum atomic E-state index is 0.0780. The van der Waals surface area contributed by atoms with E-state index in [2.05, 4.69) is 37.3 Å². The lowest BCUT2D eigenvalue weighted by Crippen LogP contribution is -2.13. The highest BCUT2D eigenvalue weighted by atomic mass is 32.1. The zero-order chi connectivity index (χ0) is 13.2. The molecule has 1 atom stereocenters. The molecular weight excluding hydrogens is 254 g/mol. The Kier molecular flexibility index (Phi) is 3.69. The Morgan fingerprint density at radius 3 is 2.74 bits per heavy atom. The number of benzene rings is 1. The minimum absolute atomic E-state index is 0.0780. The summed E-state index contributed by atoms with van der Waals surface area (Å²) >= 11 is 1.88. The Hall–Kier alpha value is -1.16. The lowest BCUT2D eigenvalue weighted by atomic mass is 9.99. The van der Waals surface area contributed by atoms with E-state index < -0.39 is 0 Å². The van der Waals surface area contributed by atoms with Gasteiger partial charge in [-0.1, -0.05) is 25.1 Å². The van der Waals surface area contributed by atoms with Crippen molar-refractivity contribution in [1.29, 1.82) is 0 Å². The van der Waals surface area contributed by atoms with E-state index in [4.69, 9.17) is 10.5 Å². The van der Waals surface area contributed by atoms with Crippen LogP contribution < -0.4 is 5.73 Å². The highest BCUT2D eigenvalue weighted by Gasteiger charge is 2.15. The second kappa shape index (κ2) is 5.45. The van der Waals surface area contributed by atoms with Gasteiger partial charge in [0.05, 0.1) is 13.2 Å². The largest absolute Gasteiger partial charge is 0.372 e. The predicted molar refractivity (Wildman–Crippen MR) is 79.3 cm³/mol. The first kappa shape index (κ1) is 12.9. The van der Waals surface area contributed by atoms with Crippen molar-refractivity contribution in [3.8, 4) is 0 Å². The Bertz CT molecular complexity index is 576. The van der Waals surface area contributed by atoms with Gasteiger partial charge in [0.1, 0.15) is 0 Å². The number of rotatable bonds is 4. The summed E-state index contributed by atoms with van der Waals surface area (Å²) in [5.41, 5.74) is 10.2.